The summed E-state index contributed by atoms with van der Waals surface area (Å²) in [7, 11) is 0. The fraction of sp³-hybridized carbons (Fsp3) is 0.320. The maximum Gasteiger partial charge on any atom is 0.408 e. The molecule has 0 radical (unpaired) electrons. The van der Waals surface area contributed by atoms with Crippen molar-refractivity contribution in [2.45, 2.75) is 76.9 Å². The fourth-order valence-electron chi connectivity index (χ4n) is 9.71. The monoisotopic (exact) mass is 890 g/mol. The summed E-state index contributed by atoms with van der Waals surface area (Å²) < 4.78 is 23.2. The van der Waals surface area contributed by atoms with Crippen LogP contribution in [0.15, 0.2) is 97.3 Å². The van der Waals surface area contributed by atoms with Gasteiger partial charge in [0, 0.05) is 46.5 Å². The Hall–Kier alpha value is -7.62. The summed E-state index contributed by atoms with van der Waals surface area (Å²) in [5.74, 6) is 2.37. The number of ether oxygens (including phenoxy) is 4. The number of imidazole rings is 2. The van der Waals surface area contributed by atoms with Gasteiger partial charge in [0.25, 0.3) is 11.8 Å². The van der Waals surface area contributed by atoms with Crippen molar-refractivity contribution in [3.63, 3.8) is 0 Å². The Kier molecular flexibility index (Phi) is 11.6. The molecule has 4 atom stereocenters. The van der Waals surface area contributed by atoms with Gasteiger partial charge in [0.2, 0.25) is 0 Å². The topological polar surface area (TPSA) is 193 Å². The Labute approximate surface area is 381 Å². The van der Waals surface area contributed by atoms with Gasteiger partial charge in [0.05, 0.1) is 49.1 Å². The normalized spacial score (nSPS) is 17.8. The van der Waals surface area contributed by atoms with Crippen LogP contribution >= 0.6 is 0 Å². The number of hydrogen-bond acceptors (Lipinski definition) is 10. The van der Waals surface area contributed by atoms with Gasteiger partial charge in [0.15, 0.2) is 0 Å². The molecule has 4 amide bonds. The van der Waals surface area contributed by atoms with E-state index in [4.69, 9.17) is 28.9 Å². The van der Waals surface area contributed by atoms with Gasteiger partial charge in [-0.1, -0.05) is 60.7 Å². The van der Waals surface area contributed by atoms with Gasteiger partial charge in [-0.15, -0.1) is 0 Å². The lowest BCUT2D eigenvalue weighted by Crippen LogP contribution is -2.43. The number of alkyl carbamates (subject to hydrolysis) is 2. The zero-order valence-electron chi connectivity index (χ0n) is 36.7. The van der Waals surface area contributed by atoms with E-state index in [0.717, 1.165) is 82.0 Å². The van der Waals surface area contributed by atoms with Crippen molar-refractivity contribution in [3.05, 3.63) is 131 Å². The predicted octanol–water partition coefficient (Wildman–Crippen LogP) is 8.22. The summed E-state index contributed by atoms with van der Waals surface area (Å²) in [4.78, 5) is 73.5. The predicted molar refractivity (Wildman–Crippen MR) is 242 cm³/mol. The SMILES string of the molecule is CCOC(=O)N[C@@H](C(=O)N1CCC[C@H]1c1ncc(-c2cc3c4c(c2)OCc2cc(-c5cnc([C@@H]6CCCN6C(=O)[C@H](NC(=O)OCC)c6ccccc6)[nH]5)cc(c2-4)OC3)[nH]1)c1ccccc1. The van der Waals surface area contributed by atoms with Crippen molar-refractivity contribution < 1.29 is 38.1 Å². The number of carbonyl (C=O) groups is 4. The molecule has 338 valence electrons. The van der Waals surface area contributed by atoms with Crippen LogP contribution in [0.2, 0.25) is 0 Å². The van der Waals surface area contributed by atoms with Gasteiger partial charge in [-0.05, 0) is 74.9 Å². The van der Waals surface area contributed by atoms with Crippen LogP contribution in [-0.2, 0) is 32.3 Å². The van der Waals surface area contributed by atoms with Gasteiger partial charge in [0.1, 0.15) is 48.4 Å². The van der Waals surface area contributed by atoms with E-state index < -0.39 is 24.3 Å². The van der Waals surface area contributed by atoms with Crippen molar-refractivity contribution in [2.24, 2.45) is 0 Å². The van der Waals surface area contributed by atoms with Crippen molar-refractivity contribution >= 4 is 24.0 Å². The maximum atomic E-state index is 14.1. The molecule has 6 aromatic rings. The van der Waals surface area contributed by atoms with Crippen molar-refractivity contribution in [1.82, 2.24) is 40.4 Å². The zero-order valence-corrected chi connectivity index (χ0v) is 36.7. The molecule has 4 N–H and O–H groups in total. The van der Waals surface area contributed by atoms with Crippen LogP contribution in [0.1, 0.15) is 97.6 Å². The molecule has 10 rings (SSSR count). The molecule has 0 saturated carbocycles. The molecule has 0 bridgehead atoms. The van der Waals surface area contributed by atoms with E-state index in [1.807, 2.05) is 72.8 Å². The highest BCUT2D eigenvalue weighted by atomic mass is 16.6. The molecule has 0 unspecified atom stereocenters. The molecule has 2 saturated heterocycles. The second-order valence-electron chi connectivity index (χ2n) is 16.8. The number of hydrogen-bond donors (Lipinski definition) is 4. The highest BCUT2D eigenvalue weighted by Gasteiger charge is 2.39. The molecule has 6 heterocycles. The standard InChI is InChI=1S/C50H50N8O8/c1-3-63-49(61)55-43(29-13-7-5-8-14-29)47(59)57-19-11-17-37(57)45-51-25-35(53-45)31-21-33-27-66-40-24-32(22-34-28-65-39(23-31)41(33)42(34)40)36-26-52-46(54-36)38-18-12-20-58(38)48(60)44(56-50(62)64-4-2)30-15-9-6-10-16-30/h5-10,13-16,21-26,37-38,43-44H,3-4,11-12,17-20,27-28H2,1-2H3,(H,51,53)(H,52,54)(H,55,61)(H,56,62)/t37-,38-,43+,44+/m0/s1. The van der Waals surface area contributed by atoms with Crippen LogP contribution in [0.5, 0.6) is 11.5 Å². The first kappa shape index (κ1) is 42.3. The summed E-state index contributed by atoms with van der Waals surface area (Å²) in [5, 5.41) is 5.54. The first-order valence-corrected chi connectivity index (χ1v) is 22.6. The third kappa shape index (κ3) is 8.07. The van der Waals surface area contributed by atoms with Gasteiger partial charge in [-0.3, -0.25) is 9.59 Å². The van der Waals surface area contributed by atoms with Crippen LogP contribution in [0.25, 0.3) is 33.6 Å². The number of rotatable bonds is 12. The lowest BCUT2D eigenvalue weighted by atomic mass is 9.87. The lowest BCUT2D eigenvalue weighted by Gasteiger charge is -2.30. The molecule has 2 aromatic heterocycles. The third-order valence-corrected chi connectivity index (χ3v) is 12.7. The van der Waals surface area contributed by atoms with E-state index in [1.165, 1.54) is 0 Å². The fourth-order valence-corrected chi connectivity index (χ4v) is 9.71. The minimum Gasteiger partial charge on any atom is -0.488 e. The van der Waals surface area contributed by atoms with E-state index in [0.29, 0.717) is 49.1 Å². The second-order valence-corrected chi connectivity index (χ2v) is 16.8. The van der Waals surface area contributed by atoms with Crippen molar-refractivity contribution in [2.75, 3.05) is 26.3 Å². The molecule has 0 spiro atoms. The highest BCUT2D eigenvalue weighted by molar-refractivity contribution is 5.90. The Morgan fingerprint density at radius 3 is 1.48 bits per heavy atom. The summed E-state index contributed by atoms with van der Waals surface area (Å²) in [5.41, 5.74) is 8.63. The zero-order chi connectivity index (χ0) is 45.3. The number of H-pyrrole nitrogens is 2. The molecule has 16 heteroatoms. The Morgan fingerprint density at radius 1 is 0.652 bits per heavy atom. The Balaban J connectivity index is 0.872. The van der Waals surface area contributed by atoms with E-state index in [9.17, 15) is 19.2 Å². The van der Waals surface area contributed by atoms with Crippen LogP contribution < -0.4 is 20.1 Å². The van der Waals surface area contributed by atoms with Gasteiger partial charge < -0.3 is 49.3 Å². The van der Waals surface area contributed by atoms with Crippen LogP contribution in [0.4, 0.5) is 9.59 Å². The van der Waals surface area contributed by atoms with Crippen LogP contribution in [-0.4, -0.2) is 80.0 Å². The molecule has 2 fully saturated rings. The summed E-state index contributed by atoms with van der Waals surface area (Å²) >= 11 is 0. The molecule has 0 aliphatic carbocycles. The van der Waals surface area contributed by atoms with E-state index in [2.05, 4.69) is 32.7 Å². The number of amides is 4. The molecule has 16 nitrogen and oxygen atoms in total. The molecular weight excluding hydrogens is 841 g/mol. The molecule has 4 aliphatic rings. The first-order valence-electron chi connectivity index (χ1n) is 22.6. The summed E-state index contributed by atoms with van der Waals surface area (Å²) in [6, 6.07) is 24.2. The molecule has 66 heavy (non-hydrogen) atoms. The Morgan fingerprint density at radius 2 is 1.08 bits per heavy atom. The molecule has 4 aliphatic heterocycles. The number of carbonyl (C=O) groups excluding carboxylic acids is 4. The number of nitrogens with one attached hydrogen (secondary N) is 4. The highest BCUT2D eigenvalue weighted by Crippen LogP contribution is 2.51. The maximum absolute atomic E-state index is 14.1. The Bertz CT molecular complexity index is 2550. The number of aromatic nitrogens is 4. The van der Waals surface area contributed by atoms with E-state index in [-0.39, 0.29) is 37.1 Å². The van der Waals surface area contributed by atoms with Gasteiger partial charge in [-0.2, -0.15) is 0 Å². The quantitative estimate of drug-likeness (QED) is 0.0931. The largest absolute Gasteiger partial charge is 0.488 e. The van der Waals surface area contributed by atoms with Crippen LogP contribution in [0.3, 0.4) is 0 Å². The third-order valence-electron chi connectivity index (χ3n) is 12.7. The van der Waals surface area contributed by atoms with E-state index in [1.54, 1.807) is 36.0 Å². The minimum absolute atomic E-state index is 0.191. The number of likely N-dealkylation sites (tertiary alicyclic amines) is 2. The minimum atomic E-state index is -0.908. The molecule has 4 aromatic carbocycles. The van der Waals surface area contributed by atoms with Gasteiger partial charge >= 0.3 is 12.2 Å². The number of benzene rings is 4. The lowest BCUT2D eigenvalue weighted by molar-refractivity contribution is -0.135. The van der Waals surface area contributed by atoms with Crippen molar-refractivity contribution in [3.8, 4) is 45.1 Å². The first-order chi connectivity index (χ1) is 32.3. The smallest absolute Gasteiger partial charge is 0.408 e. The number of nitrogens with zero attached hydrogens (tertiary/aromatic N) is 4. The molecular formula is C50H50N8O8. The van der Waals surface area contributed by atoms with Crippen molar-refractivity contribution in [1.29, 1.82) is 0 Å². The average molecular weight is 891 g/mol. The van der Waals surface area contributed by atoms with Gasteiger partial charge in [-0.25, -0.2) is 19.6 Å². The van der Waals surface area contributed by atoms with Crippen LogP contribution in [0, 0.1) is 0 Å². The van der Waals surface area contributed by atoms with E-state index >= 15 is 0 Å². The number of aromatic amines is 2. The average Bonchev–Trinajstić information content (AvgIpc) is 4.20. The summed E-state index contributed by atoms with van der Waals surface area (Å²) in [6.07, 6.45) is 5.30. The second kappa shape index (κ2) is 18.1. The summed E-state index contributed by atoms with van der Waals surface area (Å²) in [6.45, 7) is 5.53.